The van der Waals surface area contributed by atoms with Crippen molar-refractivity contribution in [3.8, 4) is 5.75 Å². The molecule has 0 bridgehead atoms. The lowest BCUT2D eigenvalue weighted by molar-refractivity contribution is -0.399. The van der Waals surface area contributed by atoms with Gasteiger partial charge >= 0.3 is 18.5 Å². The van der Waals surface area contributed by atoms with Gasteiger partial charge < -0.3 is 9.47 Å². The molecule has 0 saturated heterocycles. The van der Waals surface area contributed by atoms with Crippen LogP contribution in [-0.4, -0.2) is 19.5 Å². The van der Waals surface area contributed by atoms with E-state index in [9.17, 15) is 39.5 Å². The Labute approximate surface area is 165 Å². The fraction of sp³-hybridized carbons (Fsp3) is 0.368. The van der Waals surface area contributed by atoms with E-state index >= 15 is 0 Å². The van der Waals surface area contributed by atoms with E-state index in [1.807, 2.05) is 0 Å². The van der Waals surface area contributed by atoms with E-state index in [0.29, 0.717) is 25.1 Å². The van der Waals surface area contributed by atoms with Gasteiger partial charge in [-0.25, -0.2) is 0 Å². The molecule has 0 aliphatic rings. The first-order chi connectivity index (χ1) is 13.6. The number of ether oxygens (including phenoxy) is 2. The molecule has 0 saturated carbocycles. The zero-order chi connectivity index (χ0) is 23.0. The summed E-state index contributed by atoms with van der Waals surface area (Å²) < 4.78 is 132. The molecule has 0 fully saturated rings. The summed E-state index contributed by atoms with van der Waals surface area (Å²) in [6.45, 7) is 0.695. The Hall–Kier alpha value is -2.43. The highest BCUT2D eigenvalue weighted by molar-refractivity contribution is 5.35. The molecule has 0 aromatic heterocycles. The van der Waals surface area contributed by atoms with Crippen LogP contribution >= 0.6 is 0 Å². The number of methoxy groups -OCH3 is 1. The number of rotatable bonds is 5. The van der Waals surface area contributed by atoms with E-state index in [2.05, 4.69) is 4.74 Å². The van der Waals surface area contributed by atoms with E-state index < -0.39 is 46.9 Å². The molecule has 0 amide bonds. The first kappa shape index (κ1) is 23.8. The van der Waals surface area contributed by atoms with Crippen molar-refractivity contribution >= 4 is 0 Å². The lowest BCUT2D eigenvalue weighted by atomic mass is 9.90. The molecule has 0 aliphatic carbocycles. The van der Waals surface area contributed by atoms with Crippen molar-refractivity contribution in [2.75, 3.05) is 7.11 Å². The smallest absolute Gasteiger partial charge is 0.430 e. The third-order valence-corrected chi connectivity index (χ3v) is 4.35. The summed E-state index contributed by atoms with van der Waals surface area (Å²) in [5.41, 5.74) is -8.48. The van der Waals surface area contributed by atoms with E-state index in [-0.39, 0.29) is 5.75 Å². The van der Waals surface area contributed by atoms with E-state index in [0.717, 1.165) is 37.4 Å². The fourth-order valence-corrected chi connectivity index (χ4v) is 2.95. The van der Waals surface area contributed by atoms with Crippen LogP contribution in [0.15, 0.2) is 48.5 Å². The molecule has 0 spiro atoms. The Morgan fingerprint density at radius 1 is 0.733 bits per heavy atom. The van der Waals surface area contributed by atoms with E-state index in [1.165, 1.54) is 0 Å². The second kappa shape index (κ2) is 8.01. The van der Waals surface area contributed by atoms with Crippen LogP contribution in [0.5, 0.6) is 5.75 Å². The predicted octanol–water partition coefficient (Wildman–Crippen LogP) is 6.81. The van der Waals surface area contributed by atoms with Crippen molar-refractivity contribution in [1.82, 2.24) is 0 Å². The molecule has 2 rings (SSSR count). The van der Waals surface area contributed by atoms with Gasteiger partial charge in [-0.2, -0.15) is 39.5 Å². The third kappa shape index (κ3) is 4.35. The second-order valence-electron chi connectivity index (χ2n) is 6.25. The molecule has 30 heavy (non-hydrogen) atoms. The van der Waals surface area contributed by atoms with Gasteiger partial charge in [-0.3, -0.25) is 0 Å². The van der Waals surface area contributed by atoms with E-state index in [4.69, 9.17) is 4.74 Å². The Kier molecular flexibility index (Phi) is 6.37. The number of hydrogen-bond acceptors (Lipinski definition) is 2. The summed E-state index contributed by atoms with van der Waals surface area (Å²) in [4.78, 5) is 0. The monoisotopic (exact) mass is 446 g/mol. The van der Waals surface area contributed by atoms with Crippen LogP contribution in [0.2, 0.25) is 0 Å². The SMILES string of the molecule is COc1ccc(C(OC(C)c2ccccc2C(F)(F)F)(C(F)(F)F)C(F)(F)F)cc1. The quantitative estimate of drug-likeness (QED) is 0.470. The van der Waals surface area contributed by atoms with Gasteiger partial charge in [0.25, 0.3) is 5.60 Å². The first-order valence-electron chi connectivity index (χ1n) is 8.27. The van der Waals surface area contributed by atoms with Crippen LogP contribution in [0, 0.1) is 0 Å². The normalized spacial score (nSPS) is 14.5. The molecule has 1 atom stereocenters. The number of alkyl halides is 9. The van der Waals surface area contributed by atoms with Crippen LogP contribution in [0.25, 0.3) is 0 Å². The van der Waals surface area contributed by atoms with Crippen molar-refractivity contribution in [3.05, 3.63) is 65.2 Å². The summed E-state index contributed by atoms with van der Waals surface area (Å²) in [6, 6.07) is 6.05. The van der Waals surface area contributed by atoms with Crippen molar-refractivity contribution in [3.63, 3.8) is 0 Å². The van der Waals surface area contributed by atoms with Crippen LogP contribution in [0.3, 0.4) is 0 Å². The van der Waals surface area contributed by atoms with Crippen LogP contribution in [0.4, 0.5) is 39.5 Å². The summed E-state index contributed by atoms with van der Waals surface area (Å²) >= 11 is 0. The zero-order valence-corrected chi connectivity index (χ0v) is 15.4. The number of halogens is 9. The third-order valence-electron chi connectivity index (χ3n) is 4.35. The van der Waals surface area contributed by atoms with Gasteiger partial charge in [-0.15, -0.1) is 0 Å². The molecule has 1 unspecified atom stereocenters. The summed E-state index contributed by atoms with van der Waals surface area (Å²) in [6.07, 6.45) is -19.3. The molecule has 166 valence electrons. The molecule has 0 radical (unpaired) electrons. The van der Waals surface area contributed by atoms with Crippen molar-refractivity contribution < 1.29 is 49.0 Å². The second-order valence-corrected chi connectivity index (χ2v) is 6.25. The highest BCUT2D eigenvalue weighted by Crippen LogP contribution is 2.55. The molecular weight excluding hydrogens is 431 g/mol. The average Bonchev–Trinajstić information content (AvgIpc) is 2.63. The molecular formula is C19H15F9O2. The minimum atomic E-state index is -6.04. The van der Waals surface area contributed by atoms with Gasteiger partial charge in [-0.1, -0.05) is 30.3 Å². The Bertz CT molecular complexity index is 838. The molecule has 0 heterocycles. The minimum absolute atomic E-state index is 0.0209. The molecule has 0 aliphatic heterocycles. The minimum Gasteiger partial charge on any atom is -0.497 e. The highest BCUT2D eigenvalue weighted by Gasteiger charge is 2.74. The number of benzene rings is 2. The van der Waals surface area contributed by atoms with Crippen LogP contribution < -0.4 is 4.74 Å². The largest absolute Gasteiger partial charge is 0.497 e. The van der Waals surface area contributed by atoms with Gasteiger partial charge in [-0.05, 0) is 30.7 Å². The summed E-state index contributed by atoms with van der Waals surface area (Å²) in [5, 5.41) is 0. The lowest BCUT2D eigenvalue weighted by Crippen LogP contribution is -2.56. The van der Waals surface area contributed by atoms with Crippen LogP contribution in [-0.2, 0) is 16.5 Å². The van der Waals surface area contributed by atoms with E-state index in [1.54, 1.807) is 0 Å². The topological polar surface area (TPSA) is 18.5 Å². The molecule has 0 N–H and O–H groups in total. The molecule has 2 nitrogen and oxygen atoms in total. The van der Waals surface area contributed by atoms with Gasteiger partial charge in [0, 0.05) is 5.56 Å². The maximum atomic E-state index is 13.9. The Morgan fingerprint density at radius 3 is 1.67 bits per heavy atom. The van der Waals surface area contributed by atoms with Crippen LogP contribution in [0.1, 0.15) is 29.7 Å². The molecule has 11 heteroatoms. The molecule has 2 aromatic carbocycles. The zero-order valence-electron chi connectivity index (χ0n) is 15.4. The van der Waals surface area contributed by atoms with Crippen molar-refractivity contribution in [2.24, 2.45) is 0 Å². The average molecular weight is 446 g/mol. The summed E-state index contributed by atoms with van der Waals surface area (Å²) in [5.74, 6) is -0.0209. The number of hydrogen-bond donors (Lipinski definition) is 0. The predicted molar refractivity (Wildman–Crippen MR) is 87.7 cm³/mol. The van der Waals surface area contributed by atoms with Crippen molar-refractivity contribution in [2.45, 2.75) is 37.2 Å². The van der Waals surface area contributed by atoms with Gasteiger partial charge in [0.05, 0.1) is 18.8 Å². The highest BCUT2D eigenvalue weighted by atomic mass is 19.4. The fourth-order valence-electron chi connectivity index (χ4n) is 2.95. The maximum Gasteiger partial charge on any atom is 0.430 e. The first-order valence-corrected chi connectivity index (χ1v) is 8.27. The van der Waals surface area contributed by atoms with Crippen molar-refractivity contribution in [1.29, 1.82) is 0 Å². The van der Waals surface area contributed by atoms with Gasteiger partial charge in [0.15, 0.2) is 0 Å². The lowest BCUT2D eigenvalue weighted by Gasteiger charge is -2.39. The Balaban J connectivity index is 2.67. The summed E-state index contributed by atoms with van der Waals surface area (Å²) in [7, 11) is 1.16. The molecule has 2 aromatic rings. The maximum absolute atomic E-state index is 13.9. The van der Waals surface area contributed by atoms with Gasteiger partial charge in [0.1, 0.15) is 5.75 Å². The standard InChI is InChI=1S/C19H15F9O2/c1-11(14-5-3-4-6-15(14)17(20,21)22)30-16(18(23,24)25,19(26,27)28)12-7-9-13(29-2)10-8-12/h3-11H,1-2H3. The Morgan fingerprint density at radius 2 is 1.23 bits per heavy atom. The van der Waals surface area contributed by atoms with Gasteiger partial charge in [0.2, 0.25) is 0 Å².